The lowest BCUT2D eigenvalue weighted by Gasteiger charge is -2.15. The van der Waals surface area contributed by atoms with Gasteiger partial charge in [0.1, 0.15) is 17.3 Å². The van der Waals surface area contributed by atoms with Crippen LogP contribution in [0.4, 0.5) is 5.69 Å². The van der Waals surface area contributed by atoms with Gasteiger partial charge in [-0.3, -0.25) is 4.79 Å². The second-order valence-electron chi connectivity index (χ2n) is 5.98. The van der Waals surface area contributed by atoms with Gasteiger partial charge in [0.15, 0.2) is 0 Å². The molecule has 0 radical (unpaired) electrons. The van der Waals surface area contributed by atoms with E-state index in [1.807, 2.05) is 0 Å². The van der Waals surface area contributed by atoms with Crippen LogP contribution < -0.4 is 15.7 Å². The van der Waals surface area contributed by atoms with E-state index in [9.17, 15) is 18.0 Å². The number of tetrazole rings is 1. The largest absolute Gasteiger partial charge is 0.495 e. The summed E-state index contributed by atoms with van der Waals surface area (Å²) in [5.74, 6) is -0.325. The number of anilines is 1. The molecule has 0 saturated carbocycles. The van der Waals surface area contributed by atoms with Gasteiger partial charge in [-0.1, -0.05) is 0 Å². The van der Waals surface area contributed by atoms with E-state index in [1.165, 1.54) is 50.7 Å². The van der Waals surface area contributed by atoms with Gasteiger partial charge in [-0.2, -0.15) is 9.36 Å². The van der Waals surface area contributed by atoms with E-state index in [0.717, 1.165) is 13.7 Å². The number of carbonyl (C=O) groups excluding carboxylic acids is 1. The van der Waals surface area contributed by atoms with Crippen molar-refractivity contribution in [1.82, 2.24) is 24.1 Å². The Kier molecular flexibility index (Phi) is 5.81. The van der Waals surface area contributed by atoms with Crippen molar-refractivity contribution in [2.75, 3.05) is 26.5 Å². The number of ether oxygens (including phenoxy) is 1. The monoisotopic (exact) mass is 438 g/mol. The van der Waals surface area contributed by atoms with Crippen molar-refractivity contribution < 1.29 is 17.9 Å². The Morgan fingerprint density at radius 1 is 1.28 bits per heavy atom. The van der Waals surface area contributed by atoms with Crippen LogP contribution in [0.3, 0.4) is 0 Å². The van der Waals surface area contributed by atoms with E-state index < -0.39 is 28.2 Å². The molecule has 0 bridgehead atoms. The van der Waals surface area contributed by atoms with Gasteiger partial charge >= 0.3 is 5.69 Å². The molecular weight excluding hydrogens is 420 g/mol. The molecule has 154 valence electrons. The lowest BCUT2D eigenvalue weighted by molar-refractivity contribution is -0.117. The van der Waals surface area contributed by atoms with E-state index in [-0.39, 0.29) is 16.3 Å². The number of thiophene rings is 1. The highest BCUT2D eigenvalue weighted by Gasteiger charge is 2.20. The second-order valence-corrected chi connectivity index (χ2v) is 9.06. The molecule has 11 nitrogen and oxygen atoms in total. The van der Waals surface area contributed by atoms with Gasteiger partial charge in [0, 0.05) is 14.1 Å². The van der Waals surface area contributed by atoms with Crippen molar-refractivity contribution in [1.29, 1.82) is 0 Å². The van der Waals surface area contributed by atoms with Crippen LogP contribution in [-0.2, 0) is 21.4 Å². The van der Waals surface area contributed by atoms with Crippen LogP contribution >= 0.6 is 11.3 Å². The summed E-state index contributed by atoms with van der Waals surface area (Å²) in [5.41, 5.74) is -0.419. The summed E-state index contributed by atoms with van der Waals surface area (Å²) in [7, 11) is 0.498. The molecule has 0 aliphatic heterocycles. The van der Waals surface area contributed by atoms with Crippen molar-refractivity contribution in [2.24, 2.45) is 0 Å². The van der Waals surface area contributed by atoms with E-state index >= 15 is 0 Å². The average molecular weight is 438 g/mol. The average Bonchev–Trinajstić information content (AvgIpc) is 3.32. The highest BCUT2D eigenvalue weighted by molar-refractivity contribution is 7.89. The van der Waals surface area contributed by atoms with Crippen LogP contribution in [0.2, 0.25) is 0 Å². The molecular formula is C16H18N6O5S2. The third-order valence-corrected chi connectivity index (χ3v) is 6.53. The fourth-order valence-corrected chi connectivity index (χ4v) is 3.98. The third kappa shape index (κ3) is 4.21. The van der Waals surface area contributed by atoms with Crippen molar-refractivity contribution in [3.05, 3.63) is 46.2 Å². The second kappa shape index (κ2) is 8.14. The Morgan fingerprint density at radius 2 is 2.03 bits per heavy atom. The third-order valence-electron chi connectivity index (χ3n) is 3.87. The molecule has 13 heteroatoms. The first kappa shape index (κ1) is 20.7. The number of aromatic nitrogens is 4. The molecule has 0 atom stereocenters. The summed E-state index contributed by atoms with van der Waals surface area (Å²) < 4.78 is 32.9. The fourth-order valence-electron chi connectivity index (χ4n) is 2.38. The molecule has 3 rings (SSSR count). The van der Waals surface area contributed by atoms with Crippen molar-refractivity contribution in [3.8, 4) is 10.8 Å². The summed E-state index contributed by atoms with van der Waals surface area (Å²) in [5, 5.41) is 12.4. The number of amides is 1. The molecule has 0 spiro atoms. The predicted molar refractivity (Wildman–Crippen MR) is 106 cm³/mol. The number of methoxy groups -OCH3 is 1. The molecule has 0 aliphatic carbocycles. The lowest BCUT2D eigenvalue weighted by Crippen LogP contribution is -2.29. The molecule has 0 aliphatic rings. The Balaban J connectivity index is 1.83. The standard InChI is InChI=1S/C16H18N6O5S2/c1-20(2)29(25,26)11-6-7-13(27-3)12(9-11)17-14(23)10-21-16(24)22(19-18-21)15-5-4-8-28-15/h4-9H,10H2,1-3H3,(H,17,23). The van der Waals surface area contributed by atoms with Crippen molar-refractivity contribution in [3.63, 3.8) is 0 Å². The number of hydrogen-bond donors (Lipinski definition) is 1. The maximum Gasteiger partial charge on any atom is 0.369 e. The molecule has 2 aromatic heterocycles. The van der Waals surface area contributed by atoms with Crippen LogP contribution in [0.15, 0.2) is 45.4 Å². The summed E-state index contributed by atoms with van der Waals surface area (Å²) in [4.78, 5) is 24.8. The van der Waals surface area contributed by atoms with Crippen LogP contribution in [0.25, 0.3) is 5.00 Å². The molecule has 0 saturated heterocycles. The Hall–Kier alpha value is -3.03. The number of carbonyl (C=O) groups is 1. The van der Waals surface area contributed by atoms with E-state index in [0.29, 0.717) is 5.00 Å². The molecule has 1 N–H and O–H groups in total. The summed E-state index contributed by atoms with van der Waals surface area (Å²) in [6.45, 7) is -0.405. The zero-order chi connectivity index (χ0) is 21.2. The highest BCUT2D eigenvalue weighted by Crippen LogP contribution is 2.28. The first-order valence-corrected chi connectivity index (χ1v) is 10.5. The number of sulfonamides is 1. The van der Waals surface area contributed by atoms with Gasteiger partial charge in [-0.05, 0) is 46.1 Å². The highest BCUT2D eigenvalue weighted by atomic mass is 32.2. The van der Waals surface area contributed by atoms with E-state index in [2.05, 4.69) is 15.7 Å². The minimum Gasteiger partial charge on any atom is -0.495 e. The Labute approximate surface area is 170 Å². The number of rotatable bonds is 7. The predicted octanol–water partition coefficient (Wildman–Crippen LogP) is 0.388. The molecule has 29 heavy (non-hydrogen) atoms. The van der Waals surface area contributed by atoms with Crippen molar-refractivity contribution in [2.45, 2.75) is 11.4 Å². The summed E-state index contributed by atoms with van der Waals surface area (Å²) in [6, 6.07) is 7.56. The molecule has 3 aromatic rings. The number of benzene rings is 1. The minimum absolute atomic E-state index is 0.0144. The van der Waals surface area contributed by atoms with Gasteiger partial charge in [0.25, 0.3) is 0 Å². The first-order chi connectivity index (χ1) is 13.7. The molecule has 1 amide bonds. The van der Waals surface area contributed by atoms with Gasteiger partial charge in [-0.15, -0.1) is 11.3 Å². The SMILES string of the molecule is COc1ccc(S(=O)(=O)N(C)C)cc1NC(=O)Cn1nnn(-c2cccs2)c1=O. The zero-order valence-corrected chi connectivity index (χ0v) is 17.4. The number of hydrogen-bond acceptors (Lipinski definition) is 8. The number of nitrogens with zero attached hydrogens (tertiary/aromatic N) is 5. The Bertz CT molecular complexity index is 1180. The van der Waals surface area contributed by atoms with Gasteiger partial charge in [0.2, 0.25) is 15.9 Å². The quantitative estimate of drug-likeness (QED) is 0.565. The van der Waals surface area contributed by atoms with Crippen LogP contribution in [-0.4, -0.2) is 59.6 Å². The maximum absolute atomic E-state index is 12.4. The lowest BCUT2D eigenvalue weighted by atomic mass is 10.3. The summed E-state index contributed by atoms with van der Waals surface area (Å²) >= 11 is 1.31. The van der Waals surface area contributed by atoms with E-state index in [4.69, 9.17) is 4.74 Å². The van der Waals surface area contributed by atoms with Gasteiger partial charge in [0.05, 0.1) is 17.7 Å². The normalized spacial score (nSPS) is 11.6. The number of nitrogens with one attached hydrogen (secondary N) is 1. The maximum atomic E-state index is 12.4. The molecule has 0 fully saturated rings. The van der Waals surface area contributed by atoms with Crippen molar-refractivity contribution >= 4 is 33.0 Å². The van der Waals surface area contributed by atoms with Gasteiger partial charge < -0.3 is 10.1 Å². The van der Waals surface area contributed by atoms with Crippen LogP contribution in [0.5, 0.6) is 5.75 Å². The zero-order valence-electron chi connectivity index (χ0n) is 15.8. The van der Waals surface area contributed by atoms with Gasteiger partial charge in [-0.25, -0.2) is 17.5 Å². The minimum atomic E-state index is -3.70. The molecule has 2 heterocycles. The smallest absolute Gasteiger partial charge is 0.369 e. The fraction of sp³-hybridized carbons (Fsp3) is 0.250. The first-order valence-electron chi connectivity index (χ1n) is 8.21. The topological polar surface area (TPSA) is 128 Å². The molecule has 1 aromatic carbocycles. The molecule has 0 unspecified atom stereocenters. The van der Waals surface area contributed by atoms with Crippen LogP contribution in [0.1, 0.15) is 0 Å². The van der Waals surface area contributed by atoms with E-state index in [1.54, 1.807) is 17.5 Å². The Morgan fingerprint density at radius 3 is 2.66 bits per heavy atom. The summed E-state index contributed by atoms with van der Waals surface area (Å²) in [6.07, 6.45) is 0. The van der Waals surface area contributed by atoms with Crippen LogP contribution in [0, 0.1) is 0 Å².